The van der Waals surface area contributed by atoms with Crippen molar-refractivity contribution in [3.8, 4) is 0 Å². The molecule has 7 nitrogen and oxygen atoms in total. The predicted molar refractivity (Wildman–Crippen MR) is 64.6 cm³/mol. The predicted octanol–water partition coefficient (Wildman–Crippen LogP) is -0.234. The Bertz CT molecular complexity index is 392. The average molecular weight is 257 g/mol. The molecule has 17 heavy (non-hydrogen) atoms. The maximum Gasteiger partial charge on any atom is 0.282 e. The summed E-state index contributed by atoms with van der Waals surface area (Å²) in [5.74, 6) is -0.439. The highest BCUT2D eigenvalue weighted by atomic mass is 32.1. The van der Waals surface area contributed by atoms with Gasteiger partial charge in [-0.25, -0.2) is 0 Å². The molecule has 0 aromatic carbocycles. The molecule has 0 spiro atoms. The molecule has 0 bridgehead atoms. The molecule has 94 valence electrons. The van der Waals surface area contributed by atoms with Crippen LogP contribution in [0.1, 0.15) is 29.6 Å². The fourth-order valence-corrected chi connectivity index (χ4v) is 1.57. The van der Waals surface area contributed by atoms with E-state index in [4.69, 9.17) is 5.73 Å². The molecular formula is C9H15N5O2S. The average Bonchev–Trinajstić information content (AvgIpc) is 2.73. The number of carbonyl (C=O) groups excluding carboxylic acids is 2. The smallest absolute Gasteiger partial charge is 0.282 e. The number of nitrogens with two attached hydrogens (primary N) is 1. The van der Waals surface area contributed by atoms with Crippen LogP contribution >= 0.6 is 11.3 Å². The topological polar surface area (TPSA) is 110 Å². The highest BCUT2D eigenvalue weighted by molar-refractivity contribution is 7.16. The number of nitrogens with one attached hydrogen (secondary N) is 2. The number of hydrogen-bond donors (Lipinski definition) is 3. The van der Waals surface area contributed by atoms with E-state index >= 15 is 0 Å². The summed E-state index contributed by atoms with van der Waals surface area (Å²) in [6, 6.07) is 0. The molecule has 4 N–H and O–H groups in total. The Labute approximate surface area is 103 Å². The minimum absolute atomic E-state index is 0.0797. The van der Waals surface area contributed by atoms with Gasteiger partial charge in [-0.05, 0) is 6.42 Å². The second-order valence-corrected chi connectivity index (χ2v) is 4.31. The zero-order chi connectivity index (χ0) is 12.7. The molecule has 0 fully saturated rings. The molecule has 0 saturated carbocycles. The second kappa shape index (κ2) is 6.79. The van der Waals surface area contributed by atoms with Gasteiger partial charge in [0.05, 0.1) is 0 Å². The van der Waals surface area contributed by atoms with E-state index in [1.807, 2.05) is 6.92 Å². The van der Waals surface area contributed by atoms with Crippen molar-refractivity contribution in [1.29, 1.82) is 0 Å². The Hall–Kier alpha value is -1.70. The van der Waals surface area contributed by atoms with Crippen LogP contribution in [0.25, 0.3) is 0 Å². The van der Waals surface area contributed by atoms with Crippen LogP contribution in [0.15, 0.2) is 0 Å². The summed E-state index contributed by atoms with van der Waals surface area (Å²) in [6.07, 6.45) is 1.14. The molecule has 0 atom stereocenters. The standard InChI is InChI=1S/C9H15N5O2S/c1-2-4-11-6(15)3-5-12-7(16)8-13-14-9(10)17-8/h2-5H2,1H3,(H2,10,14)(H,11,15)(H,12,16). The summed E-state index contributed by atoms with van der Waals surface area (Å²) >= 11 is 1.01. The lowest BCUT2D eigenvalue weighted by atomic mass is 10.3. The number of rotatable bonds is 6. The molecule has 0 saturated heterocycles. The van der Waals surface area contributed by atoms with Gasteiger partial charge < -0.3 is 16.4 Å². The molecule has 0 unspecified atom stereocenters. The third-order valence-corrected chi connectivity index (χ3v) is 2.60. The quantitative estimate of drug-likeness (QED) is 0.652. The first-order chi connectivity index (χ1) is 8.13. The number of anilines is 1. The number of aromatic nitrogens is 2. The monoisotopic (exact) mass is 257 g/mol. The van der Waals surface area contributed by atoms with E-state index in [1.54, 1.807) is 0 Å². The Kier molecular flexibility index (Phi) is 5.34. The third kappa shape index (κ3) is 4.77. The SMILES string of the molecule is CCCNC(=O)CCNC(=O)c1nnc(N)s1. The van der Waals surface area contributed by atoms with Gasteiger partial charge in [0.15, 0.2) is 0 Å². The number of nitrogens with zero attached hydrogens (tertiary/aromatic N) is 2. The van der Waals surface area contributed by atoms with Crippen molar-refractivity contribution in [2.24, 2.45) is 0 Å². The van der Waals surface area contributed by atoms with Gasteiger partial charge in [0, 0.05) is 19.5 Å². The van der Waals surface area contributed by atoms with Crippen LogP contribution in [0.3, 0.4) is 0 Å². The summed E-state index contributed by atoms with van der Waals surface area (Å²) in [5, 5.41) is 12.9. The summed E-state index contributed by atoms with van der Waals surface area (Å²) < 4.78 is 0. The summed E-state index contributed by atoms with van der Waals surface area (Å²) in [6.45, 7) is 2.90. The van der Waals surface area contributed by atoms with Crippen LogP contribution in [-0.2, 0) is 4.79 Å². The van der Waals surface area contributed by atoms with Crippen molar-refractivity contribution in [2.45, 2.75) is 19.8 Å². The van der Waals surface area contributed by atoms with Crippen LogP contribution in [-0.4, -0.2) is 35.1 Å². The summed E-state index contributed by atoms with van der Waals surface area (Å²) in [4.78, 5) is 22.7. The van der Waals surface area contributed by atoms with Crippen molar-refractivity contribution in [2.75, 3.05) is 18.8 Å². The van der Waals surface area contributed by atoms with Gasteiger partial charge >= 0.3 is 0 Å². The first-order valence-corrected chi connectivity index (χ1v) is 6.09. The maximum absolute atomic E-state index is 11.5. The Morgan fingerprint density at radius 1 is 1.29 bits per heavy atom. The summed E-state index contributed by atoms with van der Waals surface area (Å²) in [7, 11) is 0. The van der Waals surface area contributed by atoms with E-state index < -0.39 is 0 Å². The lowest BCUT2D eigenvalue weighted by Crippen LogP contribution is -2.31. The van der Waals surface area contributed by atoms with E-state index in [1.165, 1.54) is 0 Å². The van der Waals surface area contributed by atoms with Gasteiger partial charge in [-0.3, -0.25) is 9.59 Å². The molecule has 0 aliphatic heterocycles. The van der Waals surface area contributed by atoms with E-state index in [9.17, 15) is 9.59 Å². The van der Waals surface area contributed by atoms with Gasteiger partial charge in [-0.1, -0.05) is 18.3 Å². The molecular weight excluding hydrogens is 242 g/mol. The van der Waals surface area contributed by atoms with Gasteiger partial charge in [0.25, 0.3) is 5.91 Å². The van der Waals surface area contributed by atoms with Crippen LogP contribution in [0.5, 0.6) is 0 Å². The molecule has 1 aromatic heterocycles. The van der Waals surface area contributed by atoms with Crippen LogP contribution in [0, 0.1) is 0 Å². The maximum atomic E-state index is 11.5. The van der Waals surface area contributed by atoms with E-state index in [2.05, 4.69) is 20.8 Å². The molecule has 8 heteroatoms. The highest BCUT2D eigenvalue weighted by Gasteiger charge is 2.11. The van der Waals surface area contributed by atoms with Crippen molar-refractivity contribution in [3.63, 3.8) is 0 Å². The van der Waals surface area contributed by atoms with Crippen molar-refractivity contribution >= 4 is 28.3 Å². The van der Waals surface area contributed by atoms with Crippen molar-refractivity contribution in [1.82, 2.24) is 20.8 Å². The number of hydrogen-bond acceptors (Lipinski definition) is 6. The normalized spacial score (nSPS) is 9.94. The molecule has 1 aromatic rings. The first kappa shape index (κ1) is 13.4. The van der Waals surface area contributed by atoms with Crippen molar-refractivity contribution in [3.05, 3.63) is 5.01 Å². The van der Waals surface area contributed by atoms with Crippen LogP contribution < -0.4 is 16.4 Å². The first-order valence-electron chi connectivity index (χ1n) is 5.27. The lowest BCUT2D eigenvalue weighted by Gasteiger charge is -2.03. The molecule has 2 amide bonds. The van der Waals surface area contributed by atoms with E-state index in [-0.39, 0.29) is 34.9 Å². The Balaban J connectivity index is 2.23. The zero-order valence-corrected chi connectivity index (χ0v) is 10.3. The van der Waals surface area contributed by atoms with Gasteiger partial charge in [-0.15, -0.1) is 10.2 Å². The minimum atomic E-state index is -0.359. The molecule has 0 aliphatic rings. The molecule has 0 radical (unpaired) electrons. The Morgan fingerprint density at radius 2 is 2.06 bits per heavy atom. The molecule has 0 aliphatic carbocycles. The number of carbonyl (C=O) groups is 2. The van der Waals surface area contributed by atoms with Gasteiger partial charge in [0.1, 0.15) is 0 Å². The fraction of sp³-hybridized carbons (Fsp3) is 0.556. The van der Waals surface area contributed by atoms with Crippen LogP contribution in [0.2, 0.25) is 0 Å². The van der Waals surface area contributed by atoms with E-state index in [0.29, 0.717) is 6.54 Å². The Morgan fingerprint density at radius 3 is 2.65 bits per heavy atom. The lowest BCUT2D eigenvalue weighted by molar-refractivity contribution is -0.120. The zero-order valence-electron chi connectivity index (χ0n) is 9.52. The highest BCUT2D eigenvalue weighted by Crippen LogP contribution is 2.09. The number of amides is 2. The minimum Gasteiger partial charge on any atom is -0.374 e. The number of nitrogen functional groups attached to an aromatic ring is 1. The third-order valence-electron chi connectivity index (χ3n) is 1.84. The second-order valence-electron chi connectivity index (χ2n) is 3.30. The largest absolute Gasteiger partial charge is 0.374 e. The fourth-order valence-electron chi connectivity index (χ4n) is 1.04. The van der Waals surface area contributed by atoms with Crippen molar-refractivity contribution < 1.29 is 9.59 Å². The van der Waals surface area contributed by atoms with Gasteiger partial charge in [0.2, 0.25) is 16.0 Å². The molecule has 1 heterocycles. The summed E-state index contributed by atoms with van der Waals surface area (Å²) in [5.41, 5.74) is 5.35. The van der Waals surface area contributed by atoms with Gasteiger partial charge in [-0.2, -0.15) is 0 Å². The molecule has 1 rings (SSSR count). The van der Waals surface area contributed by atoms with E-state index in [0.717, 1.165) is 17.8 Å². The van der Waals surface area contributed by atoms with Crippen LogP contribution in [0.4, 0.5) is 5.13 Å².